The van der Waals surface area contributed by atoms with Crippen LogP contribution >= 0.6 is 0 Å². The van der Waals surface area contributed by atoms with E-state index in [0.717, 1.165) is 17.0 Å². The summed E-state index contributed by atoms with van der Waals surface area (Å²) < 4.78 is 13.1. The number of nitrogens with zero attached hydrogens (tertiary/aromatic N) is 2. The summed E-state index contributed by atoms with van der Waals surface area (Å²) in [6.07, 6.45) is 5.99. The van der Waals surface area contributed by atoms with Gasteiger partial charge in [-0.05, 0) is 30.5 Å². The number of benzene rings is 1. The zero-order valence-electron chi connectivity index (χ0n) is 9.94. The van der Waals surface area contributed by atoms with Gasteiger partial charge in [-0.15, -0.1) is 0 Å². The molecule has 0 aliphatic heterocycles. The number of hydrogen-bond acceptors (Lipinski definition) is 3. The maximum Gasteiger partial charge on any atom is 0.141 e. The Kier molecular flexibility index (Phi) is 3.02. The molecule has 0 spiro atoms. The van der Waals surface area contributed by atoms with Crippen LogP contribution in [0, 0.1) is 5.82 Å². The Balaban J connectivity index is 1.73. The van der Waals surface area contributed by atoms with Crippen molar-refractivity contribution in [1.82, 2.24) is 15.3 Å². The van der Waals surface area contributed by atoms with Gasteiger partial charge in [0, 0.05) is 24.0 Å². The zero-order valence-corrected chi connectivity index (χ0v) is 9.94. The molecule has 1 aromatic carbocycles. The highest BCUT2D eigenvalue weighted by Crippen LogP contribution is 2.20. The monoisotopic (exact) mass is 243 g/mol. The highest BCUT2D eigenvalue weighted by Gasteiger charge is 2.20. The molecule has 0 unspecified atom stereocenters. The van der Waals surface area contributed by atoms with Gasteiger partial charge >= 0.3 is 0 Å². The SMILES string of the molecule is Fc1cccc(-c2cnc(CNC3CC3)nc2)c1. The van der Waals surface area contributed by atoms with Gasteiger partial charge in [-0.1, -0.05) is 12.1 Å². The molecule has 1 aliphatic rings. The Morgan fingerprint density at radius 1 is 1.17 bits per heavy atom. The molecule has 1 aliphatic carbocycles. The zero-order chi connectivity index (χ0) is 12.4. The van der Waals surface area contributed by atoms with Crippen molar-refractivity contribution in [3.8, 4) is 11.1 Å². The Hall–Kier alpha value is -1.81. The third-order valence-corrected chi connectivity index (χ3v) is 2.99. The fourth-order valence-electron chi connectivity index (χ4n) is 1.79. The Labute approximate surface area is 105 Å². The molecular weight excluding hydrogens is 229 g/mol. The molecule has 18 heavy (non-hydrogen) atoms. The van der Waals surface area contributed by atoms with E-state index in [4.69, 9.17) is 0 Å². The van der Waals surface area contributed by atoms with Crippen LogP contribution in [0.1, 0.15) is 18.7 Å². The van der Waals surface area contributed by atoms with Crippen LogP contribution in [0.3, 0.4) is 0 Å². The summed E-state index contributed by atoms with van der Waals surface area (Å²) >= 11 is 0. The maximum absolute atomic E-state index is 13.1. The van der Waals surface area contributed by atoms with Gasteiger partial charge in [0.05, 0.1) is 6.54 Å². The molecule has 0 bridgehead atoms. The Bertz CT molecular complexity index is 535. The van der Waals surface area contributed by atoms with Crippen LogP contribution in [-0.2, 0) is 6.54 Å². The fraction of sp³-hybridized carbons (Fsp3) is 0.286. The first-order valence-corrected chi connectivity index (χ1v) is 6.11. The smallest absolute Gasteiger partial charge is 0.141 e. The van der Waals surface area contributed by atoms with Crippen LogP contribution in [0.5, 0.6) is 0 Å². The van der Waals surface area contributed by atoms with Gasteiger partial charge in [-0.2, -0.15) is 0 Å². The van der Waals surface area contributed by atoms with Crippen molar-refractivity contribution in [3.05, 3.63) is 48.3 Å². The molecule has 3 nitrogen and oxygen atoms in total. The molecule has 1 heterocycles. The van der Waals surface area contributed by atoms with Crippen LogP contribution in [0.25, 0.3) is 11.1 Å². The number of halogens is 1. The van der Waals surface area contributed by atoms with Crippen molar-refractivity contribution < 1.29 is 4.39 Å². The van der Waals surface area contributed by atoms with Gasteiger partial charge in [-0.25, -0.2) is 14.4 Å². The molecule has 0 radical (unpaired) electrons. The first-order chi connectivity index (χ1) is 8.81. The molecule has 0 atom stereocenters. The van der Waals surface area contributed by atoms with Crippen molar-refractivity contribution in [1.29, 1.82) is 0 Å². The minimum atomic E-state index is -0.244. The van der Waals surface area contributed by atoms with E-state index in [0.29, 0.717) is 12.6 Å². The van der Waals surface area contributed by atoms with Gasteiger partial charge in [0.1, 0.15) is 11.6 Å². The van der Waals surface area contributed by atoms with Gasteiger partial charge < -0.3 is 5.32 Å². The largest absolute Gasteiger partial charge is 0.307 e. The Morgan fingerprint density at radius 3 is 2.61 bits per heavy atom. The van der Waals surface area contributed by atoms with E-state index in [2.05, 4.69) is 15.3 Å². The number of rotatable bonds is 4. The minimum Gasteiger partial charge on any atom is -0.307 e. The maximum atomic E-state index is 13.1. The third kappa shape index (κ3) is 2.71. The second kappa shape index (κ2) is 4.82. The number of aromatic nitrogens is 2. The molecule has 1 N–H and O–H groups in total. The van der Waals surface area contributed by atoms with E-state index < -0.39 is 0 Å². The summed E-state index contributed by atoms with van der Waals surface area (Å²) in [5, 5.41) is 3.36. The number of hydrogen-bond donors (Lipinski definition) is 1. The van der Waals surface area contributed by atoms with Crippen LogP contribution in [0.15, 0.2) is 36.7 Å². The lowest BCUT2D eigenvalue weighted by Crippen LogP contribution is -2.17. The number of nitrogens with one attached hydrogen (secondary N) is 1. The minimum absolute atomic E-state index is 0.244. The molecule has 0 amide bonds. The lowest BCUT2D eigenvalue weighted by molar-refractivity contribution is 0.628. The van der Waals surface area contributed by atoms with Crippen molar-refractivity contribution in [2.75, 3.05) is 0 Å². The first-order valence-electron chi connectivity index (χ1n) is 6.11. The lowest BCUT2D eigenvalue weighted by atomic mass is 10.1. The van der Waals surface area contributed by atoms with Crippen molar-refractivity contribution in [3.63, 3.8) is 0 Å². The van der Waals surface area contributed by atoms with E-state index in [1.165, 1.54) is 25.0 Å². The van der Waals surface area contributed by atoms with Crippen LogP contribution in [-0.4, -0.2) is 16.0 Å². The van der Waals surface area contributed by atoms with Gasteiger partial charge in [-0.3, -0.25) is 0 Å². The second-order valence-corrected chi connectivity index (χ2v) is 4.55. The van der Waals surface area contributed by atoms with E-state index >= 15 is 0 Å². The molecule has 3 rings (SSSR count). The standard InChI is InChI=1S/C14H14FN3/c15-12-3-1-2-10(6-12)11-7-17-14(18-8-11)9-16-13-4-5-13/h1-3,6-8,13,16H,4-5,9H2. The van der Waals surface area contributed by atoms with E-state index in [-0.39, 0.29) is 5.82 Å². The summed E-state index contributed by atoms with van der Waals surface area (Å²) in [5.74, 6) is 0.536. The average molecular weight is 243 g/mol. The van der Waals surface area contributed by atoms with Crippen LogP contribution in [0.4, 0.5) is 4.39 Å². The van der Waals surface area contributed by atoms with Crippen molar-refractivity contribution in [2.45, 2.75) is 25.4 Å². The third-order valence-electron chi connectivity index (χ3n) is 2.99. The quantitative estimate of drug-likeness (QED) is 0.896. The second-order valence-electron chi connectivity index (χ2n) is 4.55. The summed E-state index contributed by atoms with van der Waals surface area (Å²) in [6, 6.07) is 7.10. The fourth-order valence-corrected chi connectivity index (χ4v) is 1.79. The molecule has 1 fully saturated rings. The molecule has 2 aromatic rings. The van der Waals surface area contributed by atoms with E-state index in [9.17, 15) is 4.39 Å². The van der Waals surface area contributed by atoms with Gasteiger partial charge in [0.15, 0.2) is 0 Å². The molecular formula is C14H14FN3. The molecule has 92 valence electrons. The van der Waals surface area contributed by atoms with E-state index in [1.807, 2.05) is 6.07 Å². The topological polar surface area (TPSA) is 37.8 Å². The average Bonchev–Trinajstić information content (AvgIpc) is 3.21. The highest BCUT2D eigenvalue weighted by molar-refractivity contribution is 5.61. The van der Waals surface area contributed by atoms with Crippen molar-refractivity contribution >= 4 is 0 Å². The molecule has 1 saturated carbocycles. The predicted octanol–water partition coefficient (Wildman–Crippen LogP) is 2.53. The first kappa shape index (κ1) is 11.3. The van der Waals surface area contributed by atoms with E-state index in [1.54, 1.807) is 18.5 Å². The lowest BCUT2D eigenvalue weighted by Gasteiger charge is -2.04. The Morgan fingerprint density at radius 2 is 1.94 bits per heavy atom. The molecule has 0 saturated heterocycles. The van der Waals surface area contributed by atoms with Crippen LogP contribution < -0.4 is 5.32 Å². The van der Waals surface area contributed by atoms with Gasteiger partial charge in [0.25, 0.3) is 0 Å². The highest BCUT2D eigenvalue weighted by atomic mass is 19.1. The van der Waals surface area contributed by atoms with Crippen LogP contribution in [0.2, 0.25) is 0 Å². The van der Waals surface area contributed by atoms with Gasteiger partial charge in [0.2, 0.25) is 0 Å². The summed E-state index contributed by atoms with van der Waals surface area (Å²) in [7, 11) is 0. The normalized spacial score (nSPS) is 14.7. The summed E-state index contributed by atoms with van der Waals surface area (Å²) in [6.45, 7) is 0.702. The predicted molar refractivity (Wildman–Crippen MR) is 67.3 cm³/mol. The summed E-state index contributed by atoms with van der Waals surface area (Å²) in [4.78, 5) is 8.58. The van der Waals surface area contributed by atoms with Crippen molar-refractivity contribution in [2.24, 2.45) is 0 Å². The summed E-state index contributed by atoms with van der Waals surface area (Å²) in [5.41, 5.74) is 1.64. The molecule has 1 aromatic heterocycles. The molecule has 4 heteroatoms.